The van der Waals surface area contributed by atoms with Gasteiger partial charge in [0.2, 0.25) is 5.52 Å². The van der Waals surface area contributed by atoms with Gasteiger partial charge < -0.3 is 5.32 Å². The third kappa shape index (κ3) is 2.07. The van der Waals surface area contributed by atoms with Crippen LogP contribution in [0.5, 0.6) is 0 Å². The first-order valence-corrected chi connectivity index (χ1v) is 6.90. The normalized spacial score (nSPS) is 14.3. The summed E-state index contributed by atoms with van der Waals surface area (Å²) in [7, 11) is 0. The second-order valence-electron chi connectivity index (χ2n) is 5.21. The highest BCUT2D eigenvalue weighted by molar-refractivity contribution is 5.81. The molecular formula is C14H16N7+. The summed E-state index contributed by atoms with van der Waals surface area (Å²) in [4.78, 5) is 14.8. The van der Waals surface area contributed by atoms with Gasteiger partial charge in [-0.15, -0.1) is 0 Å². The lowest BCUT2D eigenvalue weighted by molar-refractivity contribution is -0.347. The van der Waals surface area contributed by atoms with Crippen molar-refractivity contribution in [3.05, 3.63) is 41.7 Å². The first kappa shape index (κ1) is 12.1. The number of hydrazine groups is 1. The summed E-state index contributed by atoms with van der Waals surface area (Å²) in [5.74, 6) is 6.57. The summed E-state index contributed by atoms with van der Waals surface area (Å²) >= 11 is 0. The molecule has 0 atom stereocenters. The van der Waals surface area contributed by atoms with Crippen molar-refractivity contribution in [2.24, 2.45) is 5.84 Å². The number of nitrogens with one attached hydrogen (secondary N) is 4. The fraction of sp³-hybridized carbons (Fsp3) is 0.214. The van der Waals surface area contributed by atoms with Gasteiger partial charge in [-0.2, -0.15) is 4.98 Å². The van der Waals surface area contributed by atoms with Crippen molar-refractivity contribution in [3.8, 4) is 0 Å². The molecule has 0 fully saturated rings. The Bertz CT molecular complexity index is 770. The Kier molecular flexibility index (Phi) is 2.71. The molecule has 106 valence electrons. The monoisotopic (exact) mass is 282 g/mol. The van der Waals surface area contributed by atoms with Gasteiger partial charge in [0.15, 0.2) is 12.1 Å². The third-order valence-corrected chi connectivity index (χ3v) is 3.86. The number of benzene rings is 1. The molecular weight excluding hydrogens is 266 g/mol. The molecule has 21 heavy (non-hydrogen) atoms. The number of nitrogen functional groups attached to an aromatic ring is 1. The summed E-state index contributed by atoms with van der Waals surface area (Å²) < 4.78 is 0. The molecule has 0 radical (unpaired) electrons. The molecule has 2 heterocycles. The Labute approximate surface area is 121 Å². The Hall–Kier alpha value is -2.67. The summed E-state index contributed by atoms with van der Waals surface area (Å²) in [6.45, 7) is 0. The Morgan fingerprint density at radius 1 is 1.19 bits per heavy atom. The zero-order chi connectivity index (χ0) is 14.2. The molecule has 0 amide bonds. The number of anilines is 2. The van der Waals surface area contributed by atoms with Crippen molar-refractivity contribution in [1.82, 2.24) is 15.0 Å². The number of rotatable bonds is 3. The molecule has 0 aliphatic heterocycles. The molecule has 2 aromatic heterocycles. The van der Waals surface area contributed by atoms with E-state index in [1.807, 2.05) is 0 Å². The van der Waals surface area contributed by atoms with Crippen LogP contribution in [0.15, 0.2) is 30.6 Å². The molecule has 7 heteroatoms. The number of fused-ring (bicyclic) bond motifs is 2. The van der Waals surface area contributed by atoms with Gasteiger partial charge in [-0.3, -0.25) is 10.4 Å². The molecule has 7 nitrogen and oxygen atoms in total. The number of hydrogen-bond acceptors (Lipinski definition) is 5. The van der Waals surface area contributed by atoms with Crippen LogP contribution in [0.3, 0.4) is 0 Å². The average Bonchev–Trinajstić information content (AvgIpc) is 3.12. The van der Waals surface area contributed by atoms with Gasteiger partial charge in [0, 0.05) is 6.04 Å². The number of aromatic amines is 2. The number of nitrogens with zero attached hydrogens (tertiary/aromatic N) is 2. The Morgan fingerprint density at radius 3 is 2.67 bits per heavy atom. The van der Waals surface area contributed by atoms with Gasteiger partial charge >= 0.3 is 11.6 Å². The standard InChI is InChI=1S/C14H15N7/c15-21-14-19-12-11(16-7-17-12)13(20-14)18-10-5-8-3-1-2-4-9(8)6-10/h1-4,7,10H,5-6,15H2,(H3,16,17,18,19,20,21)/p+1. The average molecular weight is 282 g/mol. The van der Waals surface area contributed by atoms with Crippen molar-refractivity contribution in [2.45, 2.75) is 18.9 Å². The van der Waals surface area contributed by atoms with Gasteiger partial charge in [-0.05, 0) is 24.0 Å². The quantitative estimate of drug-likeness (QED) is 0.416. The maximum absolute atomic E-state index is 5.43. The van der Waals surface area contributed by atoms with Crippen LogP contribution in [0.25, 0.3) is 11.2 Å². The number of H-pyrrole nitrogens is 2. The predicted octanol–water partition coefficient (Wildman–Crippen LogP) is 0.637. The van der Waals surface area contributed by atoms with E-state index >= 15 is 0 Å². The third-order valence-electron chi connectivity index (χ3n) is 3.86. The van der Waals surface area contributed by atoms with Crippen LogP contribution in [0, 0.1) is 0 Å². The SMILES string of the molecule is NNc1nc(NC2Cc3ccccc3C2)c2[nH]c[nH+]c2n1. The largest absolute Gasteiger partial charge is 0.363 e. The van der Waals surface area contributed by atoms with Crippen LogP contribution in [-0.4, -0.2) is 21.0 Å². The van der Waals surface area contributed by atoms with E-state index in [0.717, 1.165) is 29.8 Å². The second kappa shape index (κ2) is 4.71. The molecule has 6 N–H and O–H groups in total. The van der Waals surface area contributed by atoms with Gasteiger partial charge in [-0.1, -0.05) is 29.2 Å². The Morgan fingerprint density at radius 2 is 1.95 bits per heavy atom. The van der Waals surface area contributed by atoms with Crippen LogP contribution in [-0.2, 0) is 12.8 Å². The summed E-state index contributed by atoms with van der Waals surface area (Å²) in [5.41, 5.74) is 6.86. The minimum atomic E-state index is 0.328. The highest BCUT2D eigenvalue weighted by Gasteiger charge is 2.24. The maximum atomic E-state index is 5.43. The molecule has 0 unspecified atom stereocenters. The minimum absolute atomic E-state index is 0.328. The predicted molar refractivity (Wildman–Crippen MR) is 79.5 cm³/mol. The van der Waals surface area contributed by atoms with E-state index in [1.165, 1.54) is 11.1 Å². The van der Waals surface area contributed by atoms with E-state index in [2.05, 4.69) is 54.9 Å². The fourth-order valence-electron chi connectivity index (χ4n) is 2.90. The zero-order valence-corrected chi connectivity index (χ0v) is 11.4. The van der Waals surface area contributed by atoms with Crippen molar-refractivity contribution in [1.29, 1.82) is 0 Å². The van der Waals surface area contributed by atoms with Gasteiger partial charge in [0.25, 0.3) is 0 Å². The second-order valence-corrected chi connectivity index (χ2v) is 5.21. The molecule has 4 rings (SSSR count). The van der Waals surface area contributed by atoms with E-state index in [9.17, 15) is 0 Å². The molecule has 0 bridgehead atoms. The molecule has 0 saturated carbocycles. The first-order chi connectivity index (χ1) is 10.3. The van der Waals surface area contributed by atoms with Crippen molar-refractivity contribution in [2.75, 3.05) is 10.7 Å². The molecule has 0 spiro atoms. The fourth-order valence-corrected chi connectivity index (χ4v) is 2.90. The highest BCUT2D eigenvalue weighted by atomic mass is 15.3. The lowest BCUT2D eigenvalue weighted by Gasteiger charge is -2.12. The molecule has 1 aliphatic rings. The number of aromatic nitrogens is 4. The van der Waals surface area contributed by atoms with Gasteiger partial charge in [-0.25, -0.2) is 10.8 Å². The maximum Gasteiger partial charge on any atom is 0.316 e. The van der Waals surface area contributed by atoms with Gasteiger partial charge in [0.1, 0.15) is 0 Å². The number of imidazole rings is 1. The molecule has 0 saturated heterocycles. The van der Waals surface area contributed by atoms with E-state index in [-0.39, 0.29) is 0 Å². The Balaban J connectivity index is 1.65. The van der Waals surface area contributed by atoms with E-state index in [4.69, 9.17) is 5.84 Å². The first-order valence-electron chi connectivity index (χ1n) is 6.90. The smallest absolute Gasteiger partial charge is 0.316 e. The van der Waals surface area contributed by atoms with Crippen LogP contribution < -0.4 is 21.6 Å². The van der Waals surface area contributed by atoms with Crippen molar-refractivity contribution < 1.29 is 4.98 Å². The summed E-state index contributed by atoms with van der Waals surface area (Å²) in [5, 5.41) is 3.49. The minimum Gasteiger partial charge on any atom is -0.363 e. The van der Waals surface area contributed by atoms with Crippen molar-refractivity contribution in [3.63, 3.8) is 0 Å². The number of hydrogen-bond donors (Lipinski definition) is 4. The highest BCUT2D eigenvalue weighted by Crippen LogP contribution is 2.25. The van der Waals surface area contributed by atoms with E-state index in [1.54, 1.807) is 6.33 Å². The summed E-state index contributed by atoms with van der Waals surface area (Å²) in [6.07, 6.45) is 3.73. The lowest BCUT2D eigenvalue weighted by Crippen LogP contribution is -2.22. The van der Waals surface area contributed by atoms with E-state index < -0.39 is 0 Å². The van der Waals surface area contributed by atoms with Crippen LogP contribution >= 0.6 is 0 Å². The molecule has 1 aromatic carbocycles. The van der Waals surface area contributed by atoms with Crippen molar-refractivity contribution >= 4 is 22.9 Å². The van der Waals surface area contributed by atoms with Crippen LogP contribution in [0.1, 0.15) is 11.1 Å². The van der Waals surface area contributed by atoms with Crippen LogP contribution in [0.2, 0.25) is 0 Å². The number of nitrogens with two attached hydrogens (primary N) is 1. The molecule has 1 aliphatic carbocycles. The lowest BCUT2D eigenvalue weighted by atomic mass is 10.1. The topological polar surface area (TPSA) is 106 Å². The zero-order valence-electron chi connectivity index (χ0n) is 11.4. The summed E-state index contributed by atoms with van der Waals surface area (Å²) in [6, 6.07) is 8.86. The van der Waals surface area contributed by atoms with E-state index in [0.29, 0.717) is 12.0 Å². The molecule has 3 aromatic rings. The van der Waals surface area contributed by atoms with Crippen LogP contribution in [0.4, 0.5) is 11.8 Å². The van der Waals surface area contributed by atoms with Gasteiger partial charge in [0.05, 0.1) is 0 Å².